The van der Waals surface area contributed by atoms with Gasteiger partial charge in [0.1, 0.15) is 22.1 Å². The molecule has 1 heterocycles. The van der Waals surface area contributed by atoms with Crippen molar-refractivity contribution in [2.24, 2.45) is 5.10 Å². The summed E-state index contributed by atoms with van der Waals surface area (Å²) in [4.78, 5) is 37.3. The van der Waals surface area contributed by atoms with Gasteiger partial charge in [-0.15, -0.1) is 11.3 Å². The second-order valence-electron chi connectivity index (χ2n) is 6.52. The standard InChI is InChI=1S/C23H21N3O6S/c1-14(16-7-4-5-8-18(16)32-23(29)20-9-6-12-33-20)25-26-22(28)21(27)24-17-13-15(30-2)10-11-19(17)31-3/h4-13H,1-3H3,(H,24,27)(H,26,28)/b25-14+. The number of methoxy groups -OCH3 is 2. The lowest BCUT2D eigenvalue weighted by molar-refractivity contribution is -0.136. The minimum absolute atomic E-state index is 0.267. The first-order valence-corrected chi connectivity index (χ1v) is 10.5. The first-order valence-electron chi connectivity index (χ1n) is 9.65. The van der Waals surface area contributed by atoms with Crippen molar-refractivity contribution >= 4 is 40.5 Å². The molecule has 0 unspecified atom stereocenters. The molecule has 170 valence electrons. The molecule has 0 spiro atoms. The van der Waals surface area contributed by atoms with Gasteiger partial charge < -0.3 is 19.5 Å². The summed E-state index contributed by atoms with van der Waals surface area (Å²) in [6.45, 7) is 1.61. The topological polar surface area (TPSA) is 115 Å². The highest BCUT2D eigenvalue weighted by Gasteiger charge is 2.18. The lowest BCUT2D eigenvalue weighted by Gasteiger charge is -2.11. The number of benzene rings is 2. The van der Waals surface area contributed by atoms with Crippen LogP contribution in [0, 0.1) is 0 Å². The van der Waals surface area contributed by atoms with Crippen LogP contribution in [-0.4, -0.2) is 37.7 Å². The summed E-state index contributed by atoms with van der Waals surface area (Å²) < 4.78 is 15.8. The fraction of sp³-hybridized carbons (Fsp3) is 0.130. The molecule has 0 atom stereocenters. The third kappa shape index (κ3) is 5.95. The Morgan fingerprint density at radius 3 is 2.39 bits per heavy atom. The maximum Gasteiger partial charge on any atom is 0.353 e. The molecule has 0 aliphatic heterocycles. The number of amides is 2. The highest BCUT2D eigenvalue weighted by Crippen LogP contribution is 2.28. The predicted molar refractivity (Wildman–Crippen MR) is 124 cm³/mol. The largest absolute Gasteiger partial charge is 0.497 e. The summed E-state index contributed by atoms with van der Waals surface area (Å²) in [7, 11) is 2.92. The molecule has 3 aromatic rings. The minimum atomic E-state index is -0.993. The van der Waals surface area contributed by atoms with E-state index in [0.717, 1.165) is 0 Å². The molecule has 0 aliphatic carbocycles. The zero-order valence-electron chi connectivity index (χ0n) is 18.1. The fourth-order valence-electron chi connectivity index (χ4n) is 2.74. The summed E-state index contributed by atoms with van der Waals surface area (Å²) in [5.74, 6) is -1.33. The van der Waals surface area contributed by atoms with Crippen LogP contribution >= 0.6 is 11.3 Å². The van der Waals surface area contributed by atoms with Gasteiger partial charge in [-0.3, -0.25) is 9.59 Å². The average Bonchev–Trinajstić information content (AvgIpc) is 3.37. The first kappa shape index (κ1) is 23.5. The molecule has 2 amide bonds. The van der Waals surface area contributed by atoms with Crippen LogP contribution in [0.2, 0.25) is 0 Å². The highest BCUT2D eigenvalue weighted by molar-refractivity contribution is 7.12. The Morgan fingerprint density at radius 1 is 0.909 bits per heavy atom. The van der Waals surface area contributed by atoms with E-state index in [1.54, 1.807) is 60.8 Å². The number of anilines is 1. The number of nitrogens with one attached hydrogen (secondary N) is 2. The number of thiophene rings is 1. The van der Waals surface area contributed by atoms with Gasteiger partial charge in [-0.1, -0.05) is 18.2 Å². The number of ether oxygens (including phenoxy) is 3. The van der Waals surface area contributed by atoms with Crippen LogP contribution in [0.15, 0.2) is 65.1 Å². The van der Waals surface area contributed by atoms with Crippen molar-refractivity contribution in [1.82, 2.24) is 5.43 Å². The third-order valence-electron chi connectivity index (χ3n) is 4.39. The van der Waals surface area contributed by atoms with E-state index in [0.29, 0.717) is 27.7 Å². The molecule has 3 rings (SSSR count). The van der Waals surface area contributed by atoms with E-state index in [2.05, 4.69) is 15.8 Å². The Kier molecular flexibility index (Phi) is 7.77. The zero-order chi connectivity index (χ0) is 23.8. The third-order valence-corrected chi connectivity index (χ3v) is 5.24. The number of hydrogen-bond acceptors (Lipinski definition) is 8. The Bertz CT molecular complexity index is 1190. The normalized spacial score (nSPS) is 10.8. The number of hydrazone groups is 1. The van der Waals surface area contributed by atoms with Crippen molar-refractivity contribution in [2.75, 3.05) is 19.5 Å². The average molecular weight is 468 g/mol. The summed E-state index contributed by atoms with van der Waals surface area (Å²) in [6, 6.07) is 14.9. The Hall–Kier alpha value is -4.18. The van der Waals surface area contributed by atoms with Crippen LogP contribution in [0.5, 0.6) is 17.2 Å². The van der Waals surface area contributed by atoms with Gasteiger partial charge in [0.25, 0.3) is 0 Å². The van der Waals surface area contributed by atoms with E-state index in [4.69, 9.17) is 14.2 Å². The molecule has 0 fully saturated rings. The van der Waals surface area contributed by atoms with Gasteiger partial charge in [-0.2, -0.15) is 5.10 Å². The fourth-order valence-corrected chi connectivity index (χ4v) is 3.33. The van der Waals surface area contributed by atoms with Crippen LogP contribution < -0.4 is 25.0 Å². The maximum atomic E-state index is 12.3. The Morgan fingerprint density at radius 2 is 1.70 bits per heavy atom. The maximum absolute atomic E-state index is 12.3. The summed E-state index contributed by atoms with van der Waals surface area (Å²) in [5.41, 5.74) is 3.29. The molecule has 2 N–H and O–H groups in total. The predicted octanol–water partition coefficient (Wildman–Crippen LogP) is 3.46. The summed E-state index contributed by atoms with van der Waals surface area (Å²) in [5, 5.41) is 8.21. The highest BCUT2D eigenvalue weighted by atomic mass is 32.1. The monoisotopic (exact) mass is 467 g/mol. The Labute approximate surface area is 194 Å². The van der Waals surface area contributed by atoms with Crippen molar-refractivity contribution in [1.29, 1.82) is 0 Å². The van der Waals surface area contributed by atoms with Crippen molar-refractivity contribution in [3.8, 4) is 17.2 Å². The number of hydrogen-bond donors (Lipinski definition) is 2. The van der Waals surface area contributed by atoms with Crippen molar-refractivity contribution < 1.29 is 28.6 Å². The lowest BCUT2D eigenvalue weighted by atomic mass is 10.1. The van der Waals surface area contributed by atoms with Crippen molar-refractivity contribution in [2.45, 2.75) is 6.92 Å². The van der Waals surface area contributed by atoms with Gasteiger partial charge >= 0.3 is 17.8 Å². The van der Waals surface area contributed by atoms with Gasteiger partial charge in [0.05, 0.1) is 25.6 Å². The van der Waals surface area contributed by atoms with E-state index >= 15 is 0 Å². The first-order chi connectivity index (χ1) is 15.9. The van der Waals surface area contributed by atoms with Gasteiger partial charge in [-0.25, -0.2) is 10.2 Å². The number of carbonyl (C=O) groups is 3. The SMILES string of the molecule is COc1ccc(OC)c(NC(=O)C(=O)N/N=C(\C)c2ccccc2OC(=O)c2cccs2)c1. The van der Waals surface area contributed by atoms with Gasteiger partial charge in [-0.05, 0) is 42.6 Å². The van der Waals surface area contributed by atoms with Crippen molar-refractivity contribution in [3.63, 3.8) is 0 Å². The van der Waals surface area contributed by atoms with E-state index in [1.807, 2.05) is 0 Å². The zero-order valence-corrected chi connectivity index (χ0v) is 18.9. The summed E-state index contributed by atoms with van der Waals surface area (Å²) >= 11 is 1.26. The number of carbonyl (C=O) groups excluding carboxylic acids is 3. The summed E-state index contributed by atoms with van der Waals surface area (Å²) in [6.07, 6.45) is 0. The van der Waals surface area contributed by atoms with Crippen molar-refractivity contribution in [3.05, 3.63) is 70.4 Å². The van der Waals surface area contributed by atoms with Crippen LogP contribution in [0.25, 0.3) is 0 Å². The molecule has 0 aliphatic rings. The van der Waals surface area contributed by atoms with E-state index < -0.39 is 17.8 Å². The van der Waals surface area contributed by atoms with Crippen LogP contribution in [0.3, 0.4) is 0 Å². The minimum Gasteiger partial charge on any atom is -0.497 e. The number of esters is 1. The number of rotatable bonds is 7. The molecular formula is C23H21N3O6S. The molecule has 0 saturated carbocycles. The molecule has 1 aromatic heterocycles. The van der Waals surface area contributed by atoms with E-state index in [1.165, 1.54) is 31.6 Å². The Balaban J connectivity index is 1.69. The molecule has 9 nitrogen and oxygen atoms in total. The molecule has 0 saturated heterocycles. The molecule has 0 radical (unpaired) electrons. The van der Waals surface area contributed by atoms with E-state index in [-0.39, 0.29) is 11.4 Å². The molecule has 2 aromatic carbocycles. The number of nitrogens with zero attached hydrogens (tertiary/aromatic N) is 1. The molecule has 0 bridgehead atoms. The van der Waals surface area contributed by atoms with E-state index in [9.17, 15) is 14.4 Å². The van der Waals surface area contributed by atoms with Gasteiger partial charge in [0.15, 0.2) is 0 Å². The number of para-hydroxylation sites is 1. The van der Waals surface area contributed by atoms with Crippen LogP contribution in [0.4, 0.5) is 5.69 Å². The second kappa shape index (κ2) is 10.9. The second-order valence-corrected chi connectivity index (χ2v) is 7.47. The lowest BCUT2D eigenvalue weighted by Crippen LogP contribution is -2.33. The molecule has 10 heteroatoms. The quantitative estimate of drug-likeness (QED) is 0.181. The van der Waals surface area contributed by atoms with Crippen LogP contribution in [-0.2, 0) is 9.59 Å². The van der Waals surface area contributed by atoms with Gasteiger partial charge in [0.2, 0.25) is 0 Å². The smallest absolute Gasteiger partial charge is 0.353 e. The molecule has 33 heavy (non-hydrogen) atoms. The van der Waals surface area contributed by atoms with Crippen LogP contribution in [0.1, 0.15) is 22.2 Å². The van der Waals surface area contributed by atoms with Gasteiger partial charge in [0, 0.05) is 11.6 Å². The molecular weight excluding hydrogens is 446 g/mol.